The van der Waals surface area contributed by atoms with Gasteiger partial charge in [-0.15, -0.1) is 6.58 Å². The number of allylic oxidation sites excluding steroid dienone is 1. The molecular weight excluding hydrogens is 124 g/mol. The second-order valence-electron chi connectivity index (χ2n) is 3.14. The minimum Gasteiger partial charge on any atom is -0.303 e. The largest absolute Gasteiger partial charge is 0.303 e. The molecule has 0 radical (unpaired) electrons. The summed E-state index contributed by atoms with van der Waals surface area (Å²) in [6.07, 6.45) is 5.33. The lowest BCUT2D eigenvalue weighted by atomic mass is 9.68. The summed E-state index contributed by atoms with van der Waals surface area (Å²) in [5.74, 6) is 1.44. The fourth-order valence-electron chi connectivity index (χ4n) is 1.55. The Hall–Kier alpha value is -0.590. The van der Waals surface area contributed by atoms with Crippen LogP contribution in [0.3, 0.4) is 0 Å². The summed E-state index contributed by atoms with van der Waals surface area (Å²) >= 11 is 0. The van der Waals surface area contributed by atoms with Gasteiger partial charge in [0.25, 0.3) is 0 Å². The maximum absolute atomic E-state index is 10.4. The second-order valence-corrected chi connectivity index (χ2v) is 3.14. The van der Waals surface area contributed by atoms with Gasteiger partial charge in [0.05, 0.1) is 0 Å². The molecule has 1 heteroatoms. The SMILES string of the molecule is C=CC(C)[C@@H]1CC[C@H]1C=O. The van der Waals surface area contributed by atoms with Crippen molar-refractivity contribution in [3.05, 3.63) is 12.7 Å². The van der Waals surface area contributed by atoms with Gasteiger partial charge >= 0.3 is 0 Å². The third kappa shape index (κ3) is 1.13. The van der Waals surface area contributed by atoms with Crippen molar-refractivity contribution >= 4 is 6.29 Å². The van der Waals surface area contributed by atoms with Crippen molar-refractivity contribution < 1.29 is 4.79 Å². The van der Waals surface area contributed by atoms with E-state index in [2.05, 4.69) is 13.5 Å². The highest BCUT2D eigenvalue weighted by Gasteiger charge is 2.32. The number of rotatable bonds is 3. The molecule has 1 aliphatic carbocycles. The Kier molecular flexibility index (Phi) is 2.25. The van der Waals surface area contributed by atoms with Crippen LogP contribution in [0, 0.1) is 17.8 Å². The number of carbonyl (C=O) groups excluding carboxylic acids is 1. The van der Waals surface area contributed by atoms with Crippen LogP contribution in [0.25, 0.3) is 0 Å². The number of hydrogen-bond donors (Lipinski definition) is 0. The summed E-state index contributed by atoms with van der Waals surface area (Å²) < 4.78 is 0. The lowest BCUT2D eigenvalue weighted by Gasteiger charge is -2.35. The van der Waals surface area contributed by atoms with E-state index in [1.807, 2.05) is 6.08 Å². The van der Waals surface area contributed by atoms with Crippen LogP contribution in [0.5, 0.6) is 0 Å². The topological polar surface area (TPSA) is 17.1 Å². The van der Waals surface area contributed by atoms with E-state index in [-0.39, 0.29) is 0 Å². The Bertz CT molecular complexity index is 130. The number of hydrogen-bond acceptors (Lipinski definition) is 1. The molecule has 1 unspecified atom stereocenters. The van der Waals surface area contributed by atoms with Gasteiger partial charge in [0.1, 0.15) is 6.29 Å². The zero-order chi connectivity index (χ0) is 7.56. The van der Waals surface area contributed by atoms with Gasteiger partial charge in [-0.3, -0.25) is 0 Å². The predicted molar refractivity (Wildman–Crippen MR) is 41.6 cm³/mol. The molecule has 1 rings (SSSR count). The Labute approximate surface area is 62.1 Å². The molecule has 0 saturated heterocycles. The van der Waals surface area contributed by atoms with Crippen LogP contribution in [0.1, 0.15) is 19.8 Å². The fourth-order valence-corrected chi connectivity index (χ4v) is 1.55. The van der Waals surface area contributed by atoms with Crippen LogP contribution in [-0.4, -0.2) is 6.29 Å². The van der Waals surface area contributed by atoms with Gasteiger partial charge in [-0.2, -0.15) is 0 Å². The molecule has 0 spiro atoms. The lowest BCUT2D eigenvalue weighted by molar-refractivity contribution is -0.116. The normalized spacial score (nSPS) is 34.1. The minimum atomic E-state index is 0.327. The van der Waals surface area contributed by atoms with Crippen LogP contribution in [0.4, 0.5) is 0 Å². The lowest BCUT2D eigenvalue weighted by Crippen LogP contribution is -2.31. The van der Waals surface area contributed by atoms with Crippen molar-refractivity contribution in [2.75, 3.05) is 0 Å². The Morgan fingerprint density at radius 2 is 2.30 bits per heavy atom. The van der Waals surface area contributed by atoms with Crippen LogP contribution >= 0.6 is 0 Å². The van der Waals surface area contributed by atoms with E-state index in [0.717, 1.165) is 12.7 Å². The molecular formula is C9H14O. The van der Waals surface area contributed by atoms with Gasteiger partial charge in [-0.05, 0) is 24.7 Å². The van der Waals surface area contributed by atoms with Gasteiger partial charge in [0.2, 0.25) is 0 Å². The van der Waals surface area contributed by atoms with E-state index < -0.39 is 0 Å². The van der Waals surface area contributed by atoms with Gasteiger partial charge in [0.15, 0.2) is 0 Å². The first-order chi connectivity index (χ1) is 4.79. The smallest absolute Gasteiger partial charge is 0.123 e. The predicted octanol–water partition coefficient (Wildman–Crippen LogP) is 2.03. The van der Waals surface area contributed by atoms with Gasteiger partial charge in [-0.25, -0.2) is 0 Å². The summed E-state index contributed by atoms with van der Waals surface area (Å²) in [5.41, 5.74) is 0. The highest BCUT2D eigenvalue weighted by molar-refractivity contribution is 5.55. The van der Waals surface area contributed by atoms with Crippen molar-refractivity contribution in [3.63, 3.8) is 0 Å². The highest BCUT2D eigenvalue weighted by atomic mass is 16.1. The van der Waals surface area contributed by atoms with Gasteiger partial charge in [0, 0.05) is 5.92 Å². The van der Waals surface area contributed by atoms with E-state index in [0.29, 0.717) is 17.8 Å². The van der Waals surface area contributed by atoms with Gasteiger partial charge < -0.3 is 4.79 Å². The van der Waals surface area contributed by atoms with Gasteiger partial charge in [-0.1, -0.05) is 13.0 Å². The minimum absolute atomic E-state index is 0.327. The monoisotopic (exact) mass is 138 g/mol. The highest BCUT2D eigenvalue weighted by Crippen LogP contribution is 2.38. The molecule has 56 valence electrons. The molecule has 0 heterocycles. The van der Waals surface area contributed by atoms with Crippen molar-refractivity contribution in [3.8, 4) is 0 Å². The van der Waals surface area contributed by atoms with E-state index >= 15 is 0 Å². The Balaban J connectivity index is 2.41. The van der Waals surface area contributed by atoms with E-state index in [9.17, 15) is 4.79 Å². The van der Waals surface area contributed by atoms with Crippen molar-refractivity contribution in [1.82, 2.24) is 0 Å². The van der Waals surface area contributed by atoms with Crippen LogP contribution in [-0.2, 0) is 4.79 Å². The molecule has 0 bridgehead atoms. The molecule has 1 nitrogen and oxygen atoms in total. The Morgan fingerprint density at radius 1 is 1.60 bits per heavy atom. The first-order valence-electron chi connectivity index (χ1n) is 3.87. The maximum Gasteiger partial charge on any atom is 0.123 e. The van der Waals surface area contributed by atoms with Crippen LogP contribution < -0.4 is 0 Å². The first kappa shape index (κ1) is 7.52. The summed E-state index contributed by atoms with van der Waals surface area (Å²) in [7, 11) is 0. The quantitative estimate of drug-likeness (QED) is 0.431. The molecule has 1 saturated carbocycles. The molecule has 0 aromatic rings. The molecule has 3 atom stereocenters. The fraction of sp³-hybridized carbons (Fsp3) is 0.667. The van der Waals surface area contributed by atoms with Crippen molar-refractivity contribution in [2.24, 2.45) is 17.8 Å². The van der Waals surface area contributed by atoms with Crippen molar-refractivity contribution in [2.45, 2.75) is 19.8 Å². The molecule has 0 aliphatic heterocycles. The van der Waals surface area contributed by atoms with Crippen LogP contribution in [0.15, 0.2) is 12.7 Å². The van der Waals surface area contributed by atoms with E-state index in [4.69, 9.17) is 0 Å². The zero-order valence-electron chi connectivity index (χ0n) is 6.42. The zero-order valence-corrected chi connectivity index (χ0v) is 6.42. The standard InChI is InChI=1S/C9H14O/c1-3-7(2)9-5-4-8(9)6-10/h3,6-9H,1,4-5H2,2H3/t7?,8-,9-/m0/s1. The van der Waals surface area contributed by atoms with E-state index in [1.165, 1.54) is 6.42 Å². The van der Waals surface area contributed by atoms with E-state index in [1.54, 1.807) is 0 Å². The van der Waals surface area contributed by atoms with Crippen LogP contribution in [0.2, 0.25) is 0 Å². The average Bonchev–Trinajstić information content (AvgIpc) is 1.86. The molecule has 1 fully saturated rings. The average molecular weight is 138 g/mol. The second kappa shape index (κ2) is 3.00. The summed E-state index contributed by atoms with van der Waals surface area (Å²) in [4.78, 5) is 10.4. The molecule has 0 amide bonds. The van der Waals surface area contributed by atoms with Crippen molar-refractivity contribution in [1.29, 1.82) is 0 Å². The third-order valence-corrected chi connectivity index (χ3v) is 2.61. The maximum atomic E-state index is 10.4. The molecule has 0 N–H and O–H groups in total. The molecule has 0 aromatic carbocycles. The molecule has 1 aliphatic rings. The Morgan fingerprint density at radius 3 is 2.60 bits per heavy atom. The third-order valence-electron chi connectivity index (χ3n) is 2.61. The number of aldehydes is 1. The number of carbonyl (C=O) groups is 1. The summed E-state index contributed by atoms with van der Waals surface area (Å²) in [5, 5.41) is 0. The summed E-state index contributed by atoms with van der Waals surface area (Å²) in [6, 6.07) is 0. The molecule has 0 aromatic heterocycles. The summed E-state index contributed by atoms with van der Waals surface area (Å²) in [6.45, 7) is 5.85. The molecule has 10 heavy (non-hydrogen) atoms. The first-order valence-corrected chi connectivity index (χ1v) is 3.87.